The number of halogens is 2. The van der Waals surface area contributed by atoms with E-state index in [0.29, 0.717) is 11.7 Å². The molecule has 1 fully saturated rings. The molecule has 2 nitrogen and oxygen atoms in total. The van der Waals surface area contributed by atoms with Crippen LogP contribution in [0.15, 0.2) is 18.2 Å². The lowest BCUT2D eigenvalue weighted by molar-refractivity contribution is 0.435. The molecule has 0 spiro atoms. The molecule has 1 N–H and O–H groups in total. The van der Waals surface area contributed by atoms with Crippen LogP contribution in [0.3, 0.4) is 0 Å². The first-order chi connectivity index (χ1) is 8.72. The average molecular weight is 254 g/mol. The Morgan fingerprint density at radius 2 is 2.17 bits per heavy atom. The first kappa shape index (κ1) is 13.3. The van der Waals surface area contributed by atoms with E-state index in [0.717, 1.165) is 38.9 Å². The van der Waals surface area contributed by atoms with E-state index in [1.165, 1.54) is 6.07 Å². The molecule has 1 aromatic carbocycles. The van der Waals surface area contributed by atoms with Crippen LogP contribution in [0.5, 0.6) is 0 Å². The van der Waals surface area contributed by atoms with E-state index in [1.54, 1.807) is 12.1 Å². The Hall–Kier alpha value is -1.16. The Balaban J connectivity index is 2.13. The van der Waals surface area contributed by atoms with E-state index in [2.05, 4.69) is 12.2 Å². The third-order valence-corrected chi connectivity index (χ3v) is 3.55. The highest BCUT2D eigenvalue weighted by atomic mass is 19.2. The molecule has 1 saturated heterocycles. The zero-order chi connectivity index (χ0) is 13.0. The molecule has 1 aliphatic heterocycles. The summed E-state index contributed by atoms with van der Waals surface area (Å²) in [5.74, 6) is -1.49. The summed E-state index contributed by atoms with van der Waals surface area (Å²) in [6, 6.07) is 4.87. The van der Waals surface area contributed by atoms with Gasteiger partial charge in [0.25, 0.3) is 0 Å². The lowest BCUT2D eigenvalue weighted by Crippen LogP contribution is -2.40. The molecule has 2 rings (SSSR count). The minimum atomic E-state index is -0.764. The first-order valence-corrected chi connectivity index (χ1v) is 6.64. The van der Waals surface area contributed by atoms with Crippen molar-refractivity contribution < 1.29 is 8.78 Å². The zero-order valence-electron chi connectivity index (χ0n) is 10.8. The van der Waals surface area contributed by atoms with E-state index in [4.69, 9.17) is 0 Å². The molecule has 0 saturated carbocycles. The van der Waals surface area contributed by atoms with E-state index < -0.39 is 11.6 Å². The van der Waals surface area contributed by atoms with Crippen molar-refractivity contribution in [1.82, 2.24) is 5.32 Å². The van der Waals surface area contributed by atoms with Crippen molar-refractivity contribution in [2.75, 3.05) is 24.5 Å². The average Bonchev–Trinajstić information content (AvgIpc) is 2.34. The second kappa shape index (κ2) is 6.14. The predicted molar refractivity (Wildman–Crippen MR) is 69.9 cm³/mol. The molecule has 18 heavy (non-hydrogen) atoms. The monoisotopic (exact) mass is 254 g/mol. The van der Waals surface area contributed by atoms with Gasteiger partial charge in [0, 0.05) is 19.1 Å². The SMILES string of the molecule is CCC1CCN(c2cccc(F)c2F)CCCN1. The van der Waals surface area contributed by atoms with Crippen molar-refractivity contribution >= 4 is 5.69 Å². The number of nitrogens with zero attached hydrogens (tertiary/aromatic N) is 1. The quantitative estimate of drug-likeness (QED) is 0.873. The molecule has 0 radical (unpaired) electrons. The Labute approximate surface area is 107 Å². The van der Waals surface area contributed by atoms with Gasteiger partial charge in [-0.2, -0.15) is 0 Å². The summed E-state index contributed by atoms with van der Waals surface area (Å²) in [5, 5.41) is 3.47. The van der Waals surface area contributed by atoms with E-state index in [1.807, 2.05) is 4.90 Å². The van der Waals surface area contributed by atoms with Crippen molar-refractivity contribution in [3.8, 4) is 0 Å². The number of hydrogen-bond acceptors (Lipinski definition) is 2. The standard InChI is InChI=1S/C14H20F2N2/c1-2-11-7-10-18(9-4-8-17-11)13-6-3-5-12(15)14(13)16/h3,5-6,11,17H,2,4,7-10H2,1H3. The van der Waals surface area contributed by atoms with Crippen molar-refractivity contribution in [1.29, 1.82) is 0 Å². The normalized spacial score (nSPS) is 21.5. The Morgan fingerprint density at radius 3 is 2.94 bits per heavy atom. The van der Waals surface area contributed by atoms with Crippen LogP contribution in [0.4, 0.5) is 14.5 Å². The second-order valence-corrected chi connectivity index (χ2v) is 4.76. The van der Waals surface area contributed by atoms with Gasteiger partial charge in [0.15, 0.2) is 11.6 Å². The minimum Gasteiger partial charge on any atom is -0.369 e. The van der Waals surface area contributed by atoms with E-state index >= 15 is 0 Å². The lowest BCUT2D eigenvalue weighted by atomic mass is 10.1. The van der Waals surface area contributed by atoms with Crippen LogP contribution in [0.25, 0.3) is 0 Å². The Kier molecular flexibility index (Phi) is 4.53. The van der Waals surface area contributed by atoms with Gasteiger partial charge in [-0.1, -0.05) is 13.0 Å². The van der Waals surface area contributed by atoms with Crippen LogP contribution in [0, 0.1) is 11.6 Å². The van der Waals surface area contributed by atoms with Gasteiger partial charge in [0.05, 0.1) is 5.69 Å². The maximum absolute atomic E-state index is 13.8. The highest BCUT2D eigenvalue weighted by Crippen LogP contribution is 2.22. The van der Waals surface area contributed by atoms with Crippen molar-refractivity contribution in [3.63, 3.8) is 0 Å². The summed E-state index contributed by atoms with van der Waals surface area (Å²) in [4.78, 5) is 1.96. The summed E-state index contributed by atoms with van der Waals surface area (Å²) in [6.07, 6.45) is 2.98. The maximum atomic E-state index is 13.8. The van der Waals surface area contributed by atoms with Gasteiger partial charge >= 0.3 is 0 Å². The fourth-order valence-corrected chi connectivity index (χ4v) is 2.43. The second-order valence-electron chi connectivity index (χ2n) is 4.76. The fraction of sp³-hybridized carbons (Fsp3) is 0.571. The third kappa shape index (κ3) is 2.99. The van der Waals surface area contributed by atoms with Crippen LogP contribution < -0.4 is 10.2 Å². The van der Waals surface area contributed by atoms with Crippen molar-refractivity contribution in [2.45, 2.75) is 32.2 Å². The first-order valence-electron chi connectivity index (χ1n) is 6.64. The molecular weight excluding hydrogens is 234 g/mol. The number of hydrogen-bond donors (Lipinski definition) is 1. The van der Waals surface area contributed by atoms with Gasteiger partial charge in [0.2, 0.25) is 0 Å². The third-order valence-electron chi connectivity index (χ3n) is 3.55. The van der Waals surface area contributed by atoms with E-state index in [-0.39, 0.29) is 0 Å². The van der Waals surface area contributed by atoms with Crippen molar-refractivity contribution in [2.24, 2.45) is 0 Å². The molecular formula is C14H20F2N2. The fourth-order valence-electron chi connectivity index (χ4n) is 2.43. The maximum Gasteiger partial charge on any atom is 0.182 e. The molecule has 100 valence electrons. The molecule has 0 amide bonds. The molecule has 0 aromatic heterocycles. The zero-order valence-corrected chi connectivity index (χ0v) is 10.8. The molecule has 0 aliphatic carbocycles. The molecule has 0 bridgehead atoms. The molecule has 1 atom stereocenters. The summed E-state index contributed by atoms with van der Waals surface area (Å²) < 4.78 is 27.0. The summed E-state index contributed by atoms with van der Waals surface area (Å²) in [7, 11) is 0. The predicted octanol–water partition coefficient (Wildman–Crippen LogP) is 2.93. The smallest absolute Gasteiger partial charge is 0.182 e. The van der Waals surface area contributed by atoms with Crippen LogP contribution >= 0.6 is 0 Å². The van der Waals surface area contributed by atoms with Crippen LogP contribution in [-0.2, 0) is 0 Å². The van der Waals surface area contributed by atoms with Crippen LogP contribution in [-0.4, -0.2) is 25.7 Å². The molecule has 1 heterocycles. The summed E-state index contributed by atoms with van der Waals surface area (Å²) in [5.41, 5.74) is 0.395. The van der Waals surface area contributed by atoms with Gasteiger partial charge in [-0.15, -0.1) is 0 Å². The van der Waals surface area contributed by atoms with Gasteiger partial charge < -0.3 is 10.2 Å². The molecule has 1 aliphatic rings. The molecule has 1 unspecified atom stereocenters. The minimum absolute atomic E-state index is 0.395. The molecule has 1 aromatic rings. The van der Waals surface area contributed by atoms with Gasteiger partial charge in [0.1, 0.15) is 0 Å². The number of benzene rings is 1. The Bertz CT molecular complexity index is 395. The Morgan fingerprint density at radius 1 is 1.33 bits per heavy atom. The topological polar surface area (TPSA) is 15.3 Å². The van der Waals surface area contributed by atoms with Crippen molar-refractivity contribution in [3.05, 3.63) is 29.8 Å². The van der Waals surface area contributed by atoms with Gasteiger partial charge in [-0.3, -0.25) is 0 Å². The number of nitrogens with one attached hydrogen (secondary N) is 1. The largest absolute Gasteiger partial charge is 0.369 e. The highest BCUT2D eigenvalue weighted by molar-refractivity contribution is 5.48. The summed E-state index contributed by atoms with van der Waals surface area (Å²) in [6.45, 7) is 4.62. The number of anilines is 1. The number of rotatable bonds is 2. The summed E-state index contributed by atoms with van der Waals surface area (Å²) >= 11 is 0. The van der Waals surface area contributed by atoms with Gasteiger partial charge in [-0.05, 0) is 37.9 Å². The van der Waals surface area contributed by atoms with Crippen LogP contribution in [0.1, 0.15) is 26.2 Å². The lowest BCUT2D eigenvalue weighted by Gasteiger charge is -2.30. The van der Waals surface area contributed by atoms with Gasteiger partial charge in [-0.25, -0.2) is 8.78 Å². The molecule has 4 heteroatoms. The highest BCUT2D eigenvalue weighted by Gasteiger charge is 2.18. The van der Waals surface area contributed by atoms with E-state index in [9.17, 15) is 8.78 Å². The van der Waals surface area contributed by atoms with Crippen LogP contribution in [0.2, 0.25) is 0 Å².